The number of fused-ring (bicyclic) bond motifs is 2. The second-order valence-corrected chi connectivity index (χ2v) is 8.59. The molecule has 0 aliphatic rings. The van der Waals surface area contributed by atoms with Crippen molar-refractivity contribution >= 4 is 27.7 Å². The molecule has 5 rings (SSSR count). The second kappa shape index (κ2) is 9.13. The van der Waals surface area contributed by atoms with Gasteiger partial charge in [-0.05, 0) is 66.1 Å². The lowest BCUT2D eigenvalue weighted by atomic mass is 10.0. The molecular weight excluding hydrogens is 485 g/mol. The summed E-state index contributed by atoms with van der Waals surface area (Å²) in [6.45, 7) is 3.52. The third kappa shape index (κ3) is 4.78. The van der Waals surface area contributed by atoms with E-state index in [1.807, 2.05) is 24.3 Å². The lowest BCUT2D eigenvalue weighted by Gasteiger charge is -2.14. The van der Waals surface area contributed by atoms with Crippen molar-refractivity contribution in [2.45, 2.75) is 20.0 Å². The lowest BCUT2D eigenvalue weighted by Crippen LogP contribution is -2.16. The molecule has 0 unspecified atom stereocenters. The molecule has 5 nitrogen and oxygen atoms in total. The van der Waals surface area contributed by atoms with Gasteiger partial charge in [-0.25, -0.2) is 4.79 Å². The SMILES string of the molecule is Cc1cc(C)cc(Oc2c(C(F)(F)F)oc3cc(OC(=O)c4cccc5ccccc45)ccc3c2=O)c1. The molecule has 0 radical (unpaired) electrons. The Hall–Kier alpha value is -4.59. The summed E-state index contributed by atoms with van der Waals surface area (Å²) in [5.41, 5.74) is 0.401. The number of benzene rings is 4. The Labute approximate surface area is 208 Å². The first-order valence-electron chi connectivity index (χ1n) is 11.2. The molecule has 0 saturated heterocycles. The average Bonchev–Trinajstić information content (AvgIpc) is 2.84. The topological polar surface area (TPSA) is 65.7 Å². The van der Waals surface area contributed by atoms with Gasteiger partial charge in [0.1, 0.15) is 17.1 Å². The van der Waals surface area contributed by atoms with E-state index in [1.165, 1.54) is 24.3 Å². The highest BCUT2D eigenvalue weighted by atomic mass is 19.4. The van der Waals surface area contributed by atoms with Gasteiger partial charge in [-0.2, -0.15) is 13.2 Å². The largest absolute Gasteiger partial charge is 0.453 e. The summed E-state index contributed by atoms with van der Waals surface area (Å²) in [5, 5.41) is 1.33. The van der Waals surface area contributed by atoms with Crippen LogP contribution in [0.25, 0.3) is 21.7 Å². The van der Waals surface area contributed by atoms with Gasteiger partial charge in [0, 0.05) is 6.07 Å². The van der Waals surface area contributed by atoms with Crippen molar-refractivity contribution in [3.8, 4) is 17.2 Å². The van der Waals surface area contributed by atoms with Gasteiger partial charge in [-0.3, -0.25) is 4.79 Å². The predicted octanol–water partition coefficient (Wildman–Crippen LogP) is 7.59. The van der Waals surface area contributed by atoms with Crippen molar-refractivity contribution in [2.24, 2.45) is 0 Å². The van der Waals surface area contributed by atoms with E-state index in [0.717, 1.165) is 22.6 Å². The van der Waals surface area contributed by atoms with Crippen LogP contribution in [0.1, 0.15) is 27.2 Å². The van der Waals surface area contributed by atoms with E-state index >= 15 is 0 Å². The van der Waals surface area contributed by atoms with Gasteiger partial charge < -0.3 is 13.9 Å². The number of carbonyl (C=O) groups is 1. The van der Waals surface area contributed by atoms with Crippen molar-refractivity contribution in [3.63, 3.8) is 0 Å². The number of halogens is 3. The summed E-state index contributed by atoms with van der Waals surface area (Å²) >= 11 is 0. The van der Waals surface area contributed by atoms with Crippen LogP contribution in [-0.4, -0.2) is 5.97 Å². The van der Waals surface area contributed by atoms with Crippen LogP contribution >= 0.6 is 0 Å². The highest BCUT2D eigenvalue weighted by molar-refractivity contribution is 6.05. The van der Waals surface area contributed by atoms with E-state index in [0.29, 0.717) is 5.39 Å². The summed E-state index contributed by atoms with van der Waals surface area (Å²) in [6, 6.07) is 20.8. The summed E-state index contributed by atoms with van der Waals surface area (Å²) < 4.78 is 57.7. The zero-order chi connectivity index (χ0) is 26.3. The smallest absolute Gasteiger partial charge is 0.449 e. The van der Waals surface area contributed by atoms with Crippen LogP contribution in [-0.2, 0) is 6.18 Å². The minimum absolute atomic E-state index is 0.0790. The van der Waals surface area contributed by atoms with E-state index in [-0.39, 0.29) is 22.4 Å². The van der Waals surface area contributed by atoms with Crippen LogP contribution in [0, 0.1) is 13.8 Å². The third-order valence-electron chi connectivity index (χ3n) is 5.71. The van der Waals surface area contributed by atoms with Crippen LogP contribution < -0.4 is 14.9 Å². The molecule has 0 N–H and O–H groups in total. The van der Waals surface area contributed by atoms with Gasteiger partial charge in [0.2, 0.25) is 11.2 Å². The van der Waals surface area contributed by atoms with Crippen LogP contribution in [0.4, 0.5) is 13.2 Å². The Balaban J connectivity index is 1.55. The van der Waals surface area contributed by atoms with Crippen molar-refractivity contribution in [3.05, 3.63) is 112 Å². The molecule has 1 heterocycles. The molecule has 0 atom stereocenters. The Bertz CT molecular complexity index is 1710. The fourth-order valence-electron chi connectivity index (χ4n) is 4.17. The second-order valence-electron chi connectivity index (χ2n) is 8.59. The summed E-state index contributed by atoms with van der Waals surface area (Å²) in [5.74, 6) is -3.25. The molecule has 0 saturated carbocycles. The molecule has 0 aliphatic carbocycles. The molecule has 8 heteroatoms. The van der Waals surface area contributed by atoms with Crippen molar-refractivity contribution in [1.29, 1.82) is 0 Å². The van der Waals surface area contributed by atoms with Crippen LogP contribution in [0.15, 0.2) is 88.1 Å². The lowest BCUT2D eigenvalue weighted by molar-refractivity contribution is -0.154. The Morgan fingerprint density at radius 1 is 0.811 bits per heavy atom. The number of aryl methyl sites for hydroxylation is 2. The minimum Gasteiger partial charge on any atom is -0.449 e. The average molecular weight is 504 g/mol. The van der Waals surface area contributed by atoms with Crippen LogP contribution in [0.3, 0.4) is 0 Å². The molecule has 0 amide bonds. The molecule has 186 valence electrons. The van der Waals surface area contributed by atoms with Gasteiger partial charge in [0.15, 0.2) is 0 Å². The Morgan fingerprint density at radius 2 is 1.51 bits per heavy atom. The number of rotatable bonds is 4. The molecule has 0 aliphatic heterocycles. The number of hydrogen-bond donors (Lipinski definition) is 0. The Kier molecular flexibility index (Phi) is 5.95. The molecule has 0 fully saturated rings. The molecule has 1 aromatic heterocycles. The fraction of sp³-hybridized carbons (Fsp3) is 0.103. The minimum atomic E-state index is -5.02. The first-order valence-corrected chi connectivity index (χ1v) is 11.2. The number of ether oxygens (including phenoxy) is 2. The zero-order valence-corrected chi connectivity index (χ0v) is 19.7. The number of carbonyl (C=O) groups excluding carboxylic acids is 1. The maximum Gasteiger partial charge on any atom is 0.453 e. The first kappa shape index (κ1) is 24.1. The van der Waals surface area contributed by atoms with Gasteiger partial charge in [-0.1, -0.05) is 42.5 Å². The van der Waals surface area contributed by atoms with Gasteiger partial charge >= 0.3 is 12.1 Å². The number of esters is 1. The van der Waals surface area contributed by atoms with Gasteiger partial charge in [0.25, 0.3) is 5.76 Å². The molecule has 0 spiro atoms. The summed E-state index contributed by atoms with van der Waals surface area (Å²) in [7, 11) is 0. The molecule has 0 bridgehead atoms. The summed E-state index contributed by atoms with van der Waals surface area (Å²) in [6.07, 6.45) is -5.02. The molecular formula is C29H19F3O5. The van der Waals surface area contributed by atoms with E-state index in [4.69, 9.17) is 13.9 Å². The summed E-state index contributed by atoms with van der Waals surface area (Å²) in [4.78, 5) is 25.9. The Morgan fingerprint density at radius 3 is 2.24 bits per heavy atom. The van der Waals surface area contributed by atoms with Crippen molar-refractivity contribution < 1.29 is 31.9 Å². The molecule has 37 heavy (non-hydrogen) atoms. The van der Waals surface area contributed by atoms with Crippen LogP contribution in [0.5, 0.6) is 17.2 Å². The van der Waals surface area contributed by atoms with Gasteiger partial charge in [0.05, 0.1) is 10.9 Å². The maximum absolute atomic E-state index is 13.9. The quantitative estimate of drug-likeness (QED) is 0.186. The van der Waals surface area contributed by atoms with Crippen LogP contribution in [0.2, 0.25) is 0 Å². The highest BCUT2D eigenvalue weighted by Gasteiger charge is 2.40. The third-order valence-corrected chi connectivity index (χ3v) is 5.71. The van der Waals surface area contributed by atoms with Gasteiger partial charge in [-0.15, -0.1) is 0 Å². The van der Waals surface area contributed by atoms with E-state index in [2.05, 4.69) is 0 Å². The normalized spacial score (nSPS) is 11.6. The van der Waals surface area contributed by atoms with E-state index in [1.54, 1.807) is 38.1 Å². The molecule has 5 aromatic rings. The maximum atomic E-state index is 13.9. The number of alkyl halides is 3. The monoisotopic (exact) mass is 504 g/mol. The molecule has 4 aromatic carbocycles. The highest BCUT2D eigenvalue weighted by Crippen LogP contribution is 2.39. The fourth-order valence-corrected chi connectivity index (χ4v) is 4.17. The standard InChI is InChI=1S/C29H19F3O5/c1-16-12-17(2)14-20(13-16)35-26-25(33)23-11-10-19(15-24(23)37-27(26)29(30,31)32)36-28(34)22-9-5-7-18-6-3-4-8-21(18)22/h3-15H,1-2H3. The first-order chi connectivity index (χ1) is 17.6. The zero-order valence-electron chi connectivity index (χ0n) is 19.7. The van der Waals surface area contributed by atoms with Crippen molar-refractivity contribution in [2.75, 3.05) is 0 Å². The number of hydrogen-bond acceptors (Lipinski definition) is 5. The van der Waals surface area contributed by atoms with E-state index < -0.39 is 34.7 Å². The van der Waals surface area contributed by atoms with Crippen molar-refractivity contribution in [1.82, 2.24) is 0 Å². The van der Waals surface area contributed by atoms with E-state index in [9.17, 15) is 22.8 Å². The predicted molar refractivity (Wildman–Crippen MR) is 132 cm³/mol.